The number of amides is 1. The molecule has 0 radical (unpaired) electrons. The molecular weight excluding hydrogens is 294 g/mol. The zero-order valence-corrected chi connectivity index (χ0v) is 14.0. The highest BCUT2D eigenvalue weighted by atomic mass is 32.2. The van der Waals surface area contributed by atoms with E-state index < -0.39 is 0 Å². The first kappa shape index (κ1) is 16.6. The number of carbonyl (C=O) groups is 1. The molecule has 0 saturated heterocycles. The number of hydrogen-bond donors (Lipinski definition) is 2. The molecule has 0 spiro atoms. The third-order valence-corrected chi connectivity index (χ3v) is 4.48. The summed E-state index contributed by atoms with van der Waals surface area (Å²) in [6, 6.07) is 7.88. The van der Waals surface area contributed by atoms with Crippen molar-refractivity contribution in [3.63, 3.8) is 0 Å². The van der Waals surface area contributed by atoms with Crippen LogP contribution in [0.15, 0.2) is 30.5 Å². The van der Waals surface area contributed by atoms with Crippen LogP contribution in [0, 0.1) is 6.92 Å². The van der Waals surface area contributed by atoms with E-state index in [0.717, 1.165) is 35.6 Å². The fourth-order valence-electron chi connectivity index (χ4n) is 2.18. The number of aryl methyl sites for hydroxylation is 2. The highest BCUT2D eigenvalue weighted by molar-refractivity contribution is 7.98. The molecular formula is C17H23N3OS. The lowest BCUT2D eigenvalue weighted by Crippen LogP contribution is -2.24. The Morgan fingerprint density at radius 1 is 1.32 bits per heavy atom. The standard InChI is InChI=1S/C17H23N3OS/c1-3-22-12-14-6-8-15(9-7-14)17(21)18-10-4-5-16-11-19-20-13(16)2/h6-9,11H,3-5,10,12H2,1-2H3,(H,18,21)(H,19,20). The zero-order valence-electron chi connectivity index (χ0n) is 13.2. The molecule has 0 unspecified atom stereocenters. The zero-order chi connectivity index (χ0) is 15.8. The Hall–Kier alpha value is -1.75. The van der Waals surface area contributed by atoms with Crippen LogP contribution in [0.3, 0.4) is 0 Å². The topological polar surface area (TPSA) is 57.8 Å². The maximum absolute atomic E-state index is 12.1. The van der Waals surface area contributed by atoms with Gasteiger partial charge in [0.15, 0.2) is 0 Å². The van der Waals surface area contributed by atoms with Gasteiger partial charge in [-0.25, -0.2) is 0 Å². The number of carbonyl (C=O) groups excluding carboxylic acids is 1. The van der Waals surface area contributed by atoms with E-state index in [2.05, 4.69) is 22.4 Å². The fraction of sp³-hybridized carbons (Fsp3) is 0.412. The van der Waals surface area contributed by atoms with Crippen LogP contribution in [0.4, 0.5) is 0 Å². The maximum Gasteiger partial charge on any atom is 0.251 e. The molecule has 1 heterocycles. The molecule has 0 aliphatic heterocycles. The second-order valence-corrected chi connectivity index (χ2v) is 6.49. The molecule has 22 heavy (non-hydrogen) atoms. The quantitative estimate of drug-likeness (QED) is 0.734. The smallest absolute Gasteiger partial charge is 0.251 e. The van der Waals surface area contributed by atoms with Crippen LogP contribution in [-0.2, 0) is 12.2 Å². The first-order chi connectivity index (χ1) is 10.7. The molecule has 1 amide bonds. The first-order valence-electron chi connectivity index (χ1n) is 7.64. The van der Waals surface area contributed by atoms with Crippen molar-refractivity contribution in [2.45, 2.75) is 32.4 Å². The number of thioether (sulfide) groups is 1. The SMILES string of the molecule is CCSCc1ccc(C(=O)NCCCc2cn[nH]c2C)cc1. The van der Waals surface area contributed by atoms with Gasteiger partial charge in [0, 0.05) is 23.6 Å². The van der Waals surface area contributed by atoms with Crippen molar-refractivity contribution >= 4 is 17.7 Å². The molecule has 5 heteroatoms. The van der Waals surface area contributed by atoms with Crippen molar-refractivity contribution in [1.29, 1.82) is 0 Å². The summed E-state index contributed by atoms with van der Waals surface area (Å²) in [6.07, 6.45) is 3.69. The summed E-state index contributed by atoms with van der Waals surface area (Å²) >= 11 is 1.88. The van der Waals surface area contributed by atoms with Crippen LogP contribution in [0.25, 0.3) is 0 Å². The van der Waals surface area contributed by atoms with E-state index in [1.54, 1.807) is 0 Å². The largest absolute Gasteiger partial charge is 0.352 e. The van der Waals surface area contributed by atoms with Gasteiger partial charge in [-0.2, -0.15) is 16.9 Å². The van der Waals surface area contributed by atoms with Gasteiger partial charge in [-0.05, 0) is 48.8 Å². The molecule has 0 aliphatic rings. The summed E-state index contributed by atoms with van der Waals surface area (Å²) in [4.78, 5) is 12.1. The van der Waals surface area contributed by atoms with Gasteiger partial charge in [0.1, 0.15) is 0 Å². The van der Waals surface area contributed by atoms with Crippen LogP contribution in [0.5, 0.6) is 0 Å². The van der Waals surface area contributed by atoms with Gasteiger partial charge in [0.2, 0.25) is 0 Å². The number of benzene rings is 1. The Balaban J connectivity index is 1.73. The van der Waals surface area contributed by atoms with E-state index in [1.807, 2.05) is 49.1 Å². The lowest BCUT2D eigenvalue weighted by Gasteiger charge is -2.06. The van der Waals surface area contributed by atoms with E-state index >= 15 is 0 Å². The number of rotatable bonds is 8. The number of aromatic amines is 1. The summed E-state index contributed by atoms with van der Waals surface area (Å²) in [5.74, 6) is 2.11. The molecule has 1 aromatic carbocycles. The number of hydrogen-bond acceptors (Lipinski definition) is 3. The Morgan fingerprint density at radius 3 is 2.73 bits per heavy atom. The van der Waals surface area contributed by atoms with Crippen molar-refractivity contribution in [3.05, 3.63) is 52.8 Å². The third-order valence-electron chi connectivity index (χ3n) is 3.53. The number of aromatic nitrogens is 2. The second kappa shape index (κ2) is 8.63. The molecule has 0 saturated carbocycles. The van der Waals surface area contributed by atoms with Crippen molar-refractivity contribution in [1.82, 2.24) is 15.5 Å². The molecule has 4 nitrogen and oxygen atoms in total. The lowest BCUT2D eigenvalue weighted by atomic mass is 10.1. The number of H-pyrrole nitrogens is 1. The summed E-state index contributed by atoms with van der Waals surface area (Å²) in [5.41, 5.74) is 4.31. The van der Waals surface area contributed by atoms with Gasteiger partial charge in [0.25, 0.3) is 5.91 Å². The van der Waals surface area contributed by atoms with E-state index in [1.165, 1.54) is 11.1 Å². The van der Waals surface area contributed by atoms with Crippen LogP contribution >= 0.6 is 11.8 Å². The summed E-state index contributed by atoms with van der Waals surface area (Å²) in [6.45, 7) is 4.84. The highest BCUT2D eigenvalue weighted by Gasteiger charge is 2.05. The molecule has 2 aromatic rings. The molecule has 0 aliphatic carbocycles. The monoisotopic (exact) mass is 317 g/mol. The third kappa shape index (κ3) is 4.91. The van der Waals surface area contributed by atoms with E-state index in [0.29, 0.717) is 6.54 Å². The van der Waals surface area contributed by atoms with Crippen molar-refractivity contribution in [2.24, 2.45) is 0 Å². The van der Waals surface area contributed by atoms with Gasteiger partial charge in [0.05, 0.1) is 6.20 Å². The van der Waals surface area contributed by atoms with Crippen LogP contribution in [-0.4, -0.2) is 28.4 Å². The number of nitrogens with zero attached hydrogens (tertiary/aromatic N) is 1. The van der Waals surface area contributed by atoms with E-state index in [9.17, 15) is 4.79 Å². The predicted molar refractivity (Wildman–Crippen MR) is 92.3 cm³/mol. The minimum Gasteiger partial charge on any atom is -0.352 e. The molecule has 0 fully saturated rings. The highest BCUT2D eigenvalue weighted by Crippen LogP contribution is 2.12. The van der Waals surface area contributed by atoms with Crippen molar-refractivity contribution in [2.75, 3.05) is 12.3 Å². The number of nitrogens with one attached hydrogen (secondary N) is 2. The Labute approximate surface area is 136 Å². The Bertz CT molecular complexity index is 592. The Kier molecular flexibility index (Phi) is 6.52. The van der Waals surface area contributed by atoms with Crippen LogP contribution in [0.2, 0.25) is 0 Å². The minimum atomic E-state index is -0.00129. The Morgan fingerprint density at radius 2 is 2.09 bits per heavy atom. The van der Waals surface area contributed by atoms with Gasteiger partial charge in [-0.15, -0.1) is 0 Å². The van der Waals surface area contributed by atoms with Gasteiger partial charge in [-0.3, -0.25) is 9.89 Å². The molecule has 0 bridgehead atoms. The summed E-state index contributed by atoms with van der Waals surface area (Å²) < 4.78 is 0. The van der Waals surface area contributed by atoms with E-state index in [-0.39, 0.29) is 5.91 Å². The van der Waals surface area contributed by atoms with Gasteiger partial charge < -0.3 is 5.32 Å². The maximum atomic E-state index is 12.1. The van der Waals surface area contributed by atoms with Crippen LogP contribution < -0.4 is 5.32 Å². The molecule has 1 aromatic heterocycles. The first-order valence-corrected chi connectivity index (χ1v) is 8.80. The van der Waals surface area contributed by atoms with Gasteiger partial charge in [-0.1, -0.05) is 19.1 Å². The normalized spacial score (nSPS) is 10.6. The molecule has 2 rings (SSSR count). The van der Waals surface area contributed by atoms with Crippen molar-refractivity contribution in [3.8, 4) is 0 Å². The lowest BCUT2D eigenvalue weighted by molar-refractivity contribution is 0.0953. The average Bonchev–Trinajstić information content (AvgIpc) is 2.95. The second-order valence-electron chi connectivity index (χ2n) is 5.21. The summed E-state index contributed by atoms with van der Waals surface area (Å²) in [7, 11) is 0. The van der Waals surface area contributed by atoms with Crippen molar-refractivity contribution < 1.29 is 4.79 Å². The minimum absolute atomic E-state index is 0.00129. The van der Waals surface area contributed by atoms with Crippen LogP contribution in [0.1, 0.15) is 40.5 Å². The fourth-order valence-corrected chi connectivity index (χ4v) is 2.82. The summed E-state index contributed by atoms with van der Waals surface area (Å²) in [5, 5.41) is 9.89. The molecule has 2 N–H and O–H groups in total. The molecule has 0 atom stereocenters. The average molecular weight is 317 g/mol. The van der Waals surface area contributed by atoms with Gasteiger partial charge >= 0.3 is 0 Å². The predicted octanol–water partition coefficient (Wildman–Crippen LogP) is 3.33. The van der Waals surface area contributed by atoms with E-state index in [4.69, 9.17) is 0 Å². The molecule has 118 valence electrons.